The minimum Gasteiger partial charge on any atom is -0.459 e. The van der Waals surface area contributed by atoms with E-state index in [0.29, 0.717) is 29.1 Å². The molecule has 3 rings (SSSR count). The predicted octanol–water partition coefficient (Wildman–Crippen LogP) is 2.39. The second-order valence-corrected chi connectivity index (χ2v) is 5.91. The van der Waals surface area contributed by atoms with E-state index < -0.39 is 0 Å². The van der Waals surface area contributed by atoms with Crippen molar-refractivity contribution in [3.63, 3.8) is 0 Å². The number of aryl methyl sites for hydroxylation is 1. The van der Waals surface area contributed by atoms with Crippen molar-refractivity contribution >= 4 is 5.91 Å². The Hall–Kier alpha value is -2.08. The lowest BCUT2D eigenvalue weighted by Crippen LogP contribution is -2.43. The van der Waals surface area contributed by atoms with Crippen LogP contribution in [0.25, 0.3) is 11.7 Å². The lowest BCUT2D eigenvalue weighted by molar-refractivity contribution is -0.132. The van der Waals surface area contributed by atoms with Crippen LogP contribution in [0.1, 0.15) is 31.2 Å². The van der Waals surface area contributed by atoms with Crippen LogP contribution in [0.15, 0.2) is 27.2 Å². The zero-order valence-corrected chi connectivity index (χ0v) is 13.7. The molecule has 1 fully saturated rings. The first-order valence-electron chi connectivity index (χ1n) is 8.19. The van der Waals surface area contributed by atoms with E-state index in [1.165, 1.54) is 0 Å². The smallest absolute Gasteiger partial charge is 0.263 e. The topological polar surface area (TPSA) is 71.5 Å². The number of furan rings is 1. The minimum absolute atomic E-state index is 0.114. The van der Waals surface area contributed by atoms with Crippen LogP contribution in [0.3, 0.4) is 0 Å². The maximum atomic E-state index is 12.7. The summed E-state index contributed by atoms with van der Waals surface area (Å²) in [5, 5.41) is 3.32. The zero-order valence-electron chi connectivity index (χ0n) is 13.7. The number of rotatable bonds is 6. The Morgan fingerprint density at radius 3 is 3.04 bits per heavy atom. The maximum Gasteiger partial charge on any atom is 0.263 e. The Morgan fingerprint density at radius 1 is 1.52 bits per heavy atom. The molecule has 0 spiro atoms. The molecular formula is C17H23N3O3. The van der Waals surface area contributed by atoms with Crippen molar-refractivity contribution in [3.05, 3.63) is 29.9 Å². The molecule has 6 nitrogen and oxygen atoms in total. The third-order valence-corrected chi connectivity index (χ3v) is 4.20. The van der Waals surface area contributed by atoms with Crippen molar-refractivity contribution in [1.29, 1.82) is 0 Å². The van der Waals surface area contributed by atoms with Crippen molar-refractivity contribution in [2.75, 3.05) is 19.6 Å². The Kier molecular flexibility index (Phi) is 4.81. The van der Waals surface area contributed by atoms with Crippen molar-refractivity contribution in [2.24, 2.45) is 0 Å². The molecule has 1 unspecified atom stereocenters. The highest BCUT2D eigenvalue weighted by Crippen LogP contribution is 2.23. The summed E-state index contributed by atoms with van der Waals surface area (Å²) in [7, 11) is 0. The number of aromatic nitrogens is 1. The number of oxazole rings is 1. The van der Waals surface area contributed by atoms with Gasteiger partial charge in [0.1, 0.15) is 5.76 Å². The van der Waals surface area contributed by atoms with E-state index in [2.05, 4.69) is 17.2 Å². The van der Waals surface area contributed by atoms with Gasteiger partial charge in [-0.05, 0) is 38.4 Å². The molecule has 0 aliphatic carbocycles. The number of nitrogens with one attached hydrogen (secondary N) is 1. The number of carbonyl (C=O) groups excluding carboxylic acids is 1. The fraction of sp³-hybridized carbons (Fsp3) is 0.529. The minimum atomic E-state index is 0.114. The summed E-state index contributed by atoms with van der Waals surface area (Å²) in [5.74, 6) is 1.80. The Bertz CT molecular complexity index is 642. The molecule has 23 heavy (non-hydrogen) atoms. The largest absolute Gasteiger partial charge is 0.459 e. The molecule has 0 aromatic carbocycles. The van der Waals surface area contributed by atoms with Crippen LogP contribution < -0.4 is 5.32 Å². The summed E-state index contributed by atoms with van der Waals surface area (Å²) in [6, 6.07) is 3.87. The Morgan fingerprint density at radius 2 is 2.39 bits per heavy atom. The molecule has 3 heterocycles. The molecule has 124 valence electrons. The second kappa shape index (κ2) is 7.00. The van der Waals surface area contributed by atoms with Gasteiger partial charge in [0.15, 0.2) is 5.76 Å². The first kappa shape index (κ1) is 15.8. The molecule has 0 saturated carbocycles. The highest BCUT2D eigenvalue weighted by atomic mass is 16.4. The normalized spacial score (nSPS) is 17.6. The summed E-state index contributed by atoms with van der Waals surface area (Å²) >= 11 is 0. The number of hydrogen-bond donors (Lipinski definition) is 1. The lowest BCUT2D eigenvalue weighted by atomic mass is 10.1. The molecule has 2 aromatic rings. The van der Waals surface area contributed by atoms with E-state index in [1.54, 1.807) is 18.4 Å². The molecule has 1 aliphatic heterocycles. The molecular weight excluding hydrogens is 294 g/mol. The fourth-order valence-electron chi connectivity index (χ4n) is 3.00. The van der Waals surface area contributed by atoms with Crippen LogP contribution >= 0.6 is 0 Å². The van der Waals surface area contributed by atoms with E-state index >= 15 is 0 Å². The molecule has 1 saturated heterocycles. The highest BCUT2D eigenvalue weighted by Gasteiger charge is 2.27. The number of carbonyl (C=O) groups is 1. The van der Waals surface area contributed by atoms with Crippen LogP contribution in [0, 0.1) is 6.92 Å². The molecule has 2 aromatic heterocycles. The standard InChI is InChI=1S/C17H23N3O3/c1-3-8-20(13-6-7-18-11-13)16(21)10-14-12(2)23-17(19-14)15-5-4-9-22-15/h4-5,9,13,18H,3,6-8,10-11H2,1-2H3. The third kappa shape index (κ3) is 3.47. The summed E-state index contributed by atoms with van der Waals surface area (Å²) in [5.41, 5.74) is 0.688. The van der Waals surface area contributed by atoms with Gasteiger partial charge in [0, 0.05) is 19.1 Å². The van der Waals surface area contributed by atoms with Gasteiger partial charge in [0.25, 0.3) is 5.89 Å². The molecule has 1 amide bonds. The van der Waals surface area contributed by atoms with Crippen LogP contribution in [-0.4, -0.2) is 41.5 Å². The van der Waals surface area contributed by atoms with Crippen LogP contribution in [0.2, 0.25) is 0 Å². The number of hydrogen-bond acceptors (Lipinski definition) is 5. The lowest BCUT2D eigenvalue weighted by Gasteiger charge is -2.28. The highest BCUT2D eigenvalue weighted by molar-refractivity contribution is 5.79. The quantitative estimate of drug-likeness (QED) is 0.885. The maximum absolute atomic E-state index is 12.7. The predicted molar refractivity (Wildman–Crippen MR) is 85.9 cm³/mol. The summed E-state index contributed by atoms with van der Waals surface area (Å²) in [4.78, 5) is 19.2. The molecule has 6 heteroatoms. The van der Waals surface area contributed by atoms with Crippen molar-refractivity contribution in [1.82, 2.24) is 15.2 Å². The fourth-order valence-corrected chi connectivity index (χ4v) is 3.00. The first-order valence-corrected chi connectivity index (χ1v) is 8.19. The third-order valence-electron chi connectivity index (χ3n) is 4.20. The van der Waals surface area contributed by atoms with Gasteiger partial charge >= 0.3 is 0 Å². The zero-order chi connectivity index (χ0) is 16.2. The van der Waals surface area contributed by atoms with Crippen molar-refractivity contribution in [3.8, 4) is 11.7 Å². The van der Waals surface area contributed by atoms with Crippen molar-refractivity contribution in [2.45, 2.75) is 39.2 Å². The first-order chi connectivity index (χ1) is 11.2. The Balaban J connectivity index is 1.73. The SMILES string of the molecule is CCCN(C(=O)Cc1nc(-c2ccco2)oc1C)C1CCNC1. The van der Waals surface area contributed by atoms with Crippen LogP contribution in [-0.2, 0) is 11.2 Å². The molecule has 1 aliphatic rings. The van der Waals surface area contributed by atoms with E-state index in [1.807, 2.05) is 11.8 Å². The number of nitrogens with zero attached hydrogens (tertiary/aromatic N) is 2. The molecule has 1 N–H and O–H groups in total. The van der Waals surface area contributed by atoms with Gasteiger partial charge in [0.2, 0.25) is 5.91 Å². The van der Waals surface area contributed by atoms with Gasteiger partial charge in [-0.2, -0.15) is 0 Å². The average molecular weight is 317 g/mol. The van der Waals surface area contributed by atoms with Crippen LogP contribution in [0.5, 0.6) is 0 Å². The second-order valence-electron chi connectivity index (χ2n) is 5.91. The van der Waals surface area contributed by atoms with Crippen molar-refractivity contribution < 1.29 is 13.6 Å². The molecule has 1 atom stereocenters. The Labute approximate surface area is 135 Å². The van der Waals surface area contributed by atoms with Gasteiger partial charge in [-0.3, -0.25) is 4.79 Å². The van der Waals surface area contributed by atoms with E-state index in [4.69, 9.17) is 8.83 Å². The molecule has 0 radical (unpaired) electrons. The van der Waals surface area contributed by atoms with E-state index in [9.17, 15) is 4.79 Å². The van der Waals surface area contributed by atoms with Gasteiger partial charge < -0.3 is 19.1 Å². The number of amides is 1. The average Bonchev–Trinajstić information content (AvgIpc) is 3.27. The van der Waals surface area contributed by atoms with E-state index in [-0.39, 0.29) is 12.3 Å². The van der Waals surface area contributed by atoms with E-state index in [0.717, 1.165) is 32.5 Å². The van der Waals surface area contributed by atoms with Gasteiger partial charge in [0.05, 0.1) is 18.4 Å². The monoisotopic (exact) mass is 317 g/mol. The summed E-state index contributed by atoms with van der Waals surface area (Å²) in [6.45, 7) is 6.57. The molecule has 0 bridgehead atoms. The van der Waals surface area contributed by atoms with Crippen LogP contribution in [0.4, 0.5) is 0 Å². The van der Waals surface area contributed by atoms with Gasteiger partial charge in [-0.15, -0.1) is 0 Å². The van der Waals surface area contributed by atoms with Gasteiger partial charge in [-0.25, -0.2) is 4.98 Å². The summed E-state index contributed by atoms with van der Waals surface area (Å²) < 4.78 is 10.9. The summed E-state index contributed by atoms with van der Waals surface area (Å²) in [6.07, 6.45) is 3.82. The van der Waals surface area contributed by atoms with Gasteiger partial charge in [-0.1, -0.05) is 6.92 Å².